The van der Waals surface area contributed by atoms with Gasteiger partial charge in [0.05, 0.1) is 6.33 Å². The van der Waals surface area contributed by atoms with Crippen LogP contribution in [-0.2, 0) is 11.2 Å². The van der Waals surface area contributed by atoms with Crippen molar-refractivity contribution >= 4 is 11.8 Å². The maximum absolute atomic E-state index is 12.7. The smallest absolute Gasteiger partial charge is 0.263 e. The second-order valence-electron chi connectivity index (χ2n) is 8.14. The van der Waals surface area contributed by atoms with Crippen LogP contribution in [0.5, 0.6) is 0 Å². The molecular formula is C22H26N4O3. The number of benzene rings is 1. The van der Waals surface area contributed by atoms with Crippen LogP contribution in [0.2, 0.25) is 0 Å². The molecule has 2 aliphatic rings. The Kier molecular flexibility index (Phi) is 5.47. The number of carbonyl (C=O) groups excluding carboxylic acids is 2. The van der Waals surface area contributed by atoms with E-state index in [0.29, 0.717) is 19.5 Å². The van der Waals surface area contributed by atoms with E-state index in [2.05, 4.69) is 22.1 Å². The van der Waals surface area contributed by atoms with Crippen molar-refractivity contribution in [3.05, 3.63) is 64.3 Å². The molecule has 3 heterocycles. The van der Waals surface area contributed by atoms with Gasteiger partial charge in [-0.2, -0.15) is 0 Å². The molecule has 1 aromatic heterocycles. The number of aromatic nitrogens is 2. The molecular weight excluding hydrogens is 368 g/mol. The molecule has 1 N–H and O–H groups in total. The molecule has 2 saturated heterocycles. The maximum atomic E-state index is 12.7. The van der Waals surface area contributed by atoms with Gasteiger partial charge in [-0.05, 0) is 36.7 Å². The summed E-state index contributed by atoms with van der Waals surface area (Å²) in [4.78, 5) is 47.1. The van der Waals surface area contributed by atoms with Crippen molar-refractivity contribution in [1.29, 1.82) is 0 Å². The molecule has 1 aromatic carbocycles. The number of carbonyl (C=O) groups is 2. The van der Waals surface area contributed by atoms with Crippen LogP contribution in [-0.4, -0.2) is 57.8 Å². The van der Waals surface area contributed by atoms with Gasteiger partial charge in [0, 0.05) is 38.8 Å². The van der Waals surface area contributed by atoms with Crippen molar-refractivity contribution in [1.82, 2.24) is 19.8 Å². The highest BCUT2D eigenvalue weighted by Gasteiger charge is 2.41. The van der Waals surface area contributed by atoms with Gasteiger partial charge in [-0.25, -0.2) is 4.98 Å². The third kappa shape index (κ3) is 4.23. The van der Waals surface area contributed by atoms with Crippen LogP contribution in [0.1, 0.15) is 41.6 Å². The molecule has 2 aromatic rings. The van der Waals surface area contributed by atoms with Gasteiger partial charge in [-0.3, -0.25) is 14.4 Å². The molecule has 2 amide bonds. The number of rotatable bonds is 4. The molecule has 29 heavy (non-hydrogen) atoms. The Morgan fingerprint density at radius 3 is 2.59 bits per heavy atom. The third-order valence-corrected chi connectivity index (χ3v) is 6.32. The Morgan fingerprint density at radius 1 is 1.10 bits per heavy atom. The fraction of sp³-hybridized carbons (Fsp3) is 0.455. The summed E-state index contributed by atoms with van der Waals surface area (Å²) in [6, 6.07) is 10.2. The van der Waals surface area contributed by atoms with Gasteiger partial charge >= 0.3 is 0 Å². The lowest BCUT2D eigenvalue weighted by Gasteiger charge is -2.47. The summed E-state index contributed by atoms with van der Waals surface area (Å²) in [5, 5.41) is 0. The highest BCUT2D eigenvalue weighted by molar-refractivity contribution is 5.93. The molecule has 0 bridgehead atoms. The van der Waals surface area contributed by atoms with Gasteiger partial charge in [0.15, 0.2) is 0 Å². The largest absolute Gasteiger partial charge is 0.342 e. The first kappa shape index (κ1) is 19.4. The molecule has 0 radical (unpaired) electrons. The number of H-pyrrole nitrogens is 1. The minimum Gasteiger partial charge on any atom is -0.342 e. The molecule has 1 spiro atoms. The van der Waals surface area contributed by atoms with Gasteiger partial charge in [-0.1, -0.05) is 30.3 Å². The van der Waals surface area contributed by atoms with E-state index in [1.54, 1.807) is 4.90 Å². The number of hydrogen-bond acceptors (Lipinski definition) is 4. The SMILES string of the molecule is O=C1CCC2(CCN(C(=O)c3cnc[nH]c3=O)CC2)CN1CCc1ccccc1. The molecule has 2 aliphatic heterocycles. The minimum absolute atomic E-state index is 0.0722. The first-order chi connectivity index (χ1) is 14.1. The normalized spacial score (nSPS) is 18.8. The number of piperidine rings is 2. The van der Waals surface area contributed by atoms with E-state index in [4.69, 9.17) is 0 Å². The van der Waals surface area contributed by atoms with Crippen LogP contribution in [0.15, 0.2) is 47.7 Å². The Labute approximate surface area is 169 Å². The van der Waals surface area contributed by atoms with Gasteiger partial charge in [0.25, 0.3) is 11.5 Å². The van der Waals surface area contributed by atoms with Crippen LogP contribution in [0.4, 0.5) is 0 Å². The average molecular weight is 394 g/mol. The molecule has 2 fully saturated rings. The third-order valence-electron chi connectivity index (χ3n) is 6.32. The molecule has 152 valence electrons. The molecule has 7 heteroatoms. The van der Waals surface area contributed by atoms with E-state index < -0.39 is 5.56 Å². The summed E-state index contributed by atoms with van der Waals surface area (Å²) in [7, 11) is 0. The van der Waals surface area contributed by atoms with Crippen molar-refractivity contribution in [3.63, 3.8) is 0 Å². The van der Waals surface area contributed by atoms with E-state index in [1.807, 2.05) is 23.1 Å². The van der Waals surface area contributed by atoms with Crippen molar-refractivity contribution < 1.29 is 9.59 Å². The maximum Gasteiger partial charge on any atom is 0.263 e. The second-order valence-corrected chi connectivity index (χ2v) is 8.14. The Morgan fingerprint density at radius 2 is 1.86 bits per heavy atom. The standard InChI is InChI=1S/C22H26N4O3/c27-19-6-8-22(15-26(19)11-7-17-4-2-1-3-5-17)9-12-25(13-10-22)21(29)18-14-23-16-24-20(18)28/h1-5,14,16H,6-13,15H2,(H,23,24,28). The fourth-order valence-electron chi connectivity index (χ4n) is 4.47. The summed E-state index contributed by atoms with van der Waals surface area (Å²) in [5.41, 5.74) is 0.998. The van der Waals surface area contributed by atoms with Crippen LogP contribution in [0.3, 0.4) is 0 Å². The van der Waals surface area contributed by atoms with Crippen molar-refractivity contribution in [2.75, 3.05) is 26.2 Å². The molecule has 0 atom stereocenters. The summed E-state index contributed by atoms with van der Waals surface area (Å²) in [5.74, 6) is -0.0334. The van der Waals surface area contributed by atoms with Crippen LogP contribution < -0.4 is 5.56 Å². The van der Waals surface area contributed by atoms with Crippen LogP contribution >= 0.6 is 0 Å². The zero-order valence-corrected chi connectivity index (χ0v) is 16.5. The van der Waals surface area contributed by atoms with Crippen molar-refractivity contribution in [2.24, 2.45) is 5.41 Å². The second kappa shape index (κ2) is 8.19. The van der Waals surface area contributed by atoms with E-state index in [0.717, 1.165) is 38.8 Å². The number of nitrogens with one attached hydrogen (secondary N) is 1. The number of aromatic amines is 1. The Bertz CT molecular complexity index is 932. The first-order valence-corrected chi connectivity index (χ1v) is 10.2. The number of hydrogen-bond donors (Lipinski definition) is 1. The zero-order valence-electron chi connectivity index (χ0n) is 16.5. The predicted molar refractivity (Wildman–Crippen MR) is 108 cm³/mol. The topological polar surface area (TPSA) is 86.4 Å². The number of amides is 2. The van der Waals surface area contributed by atoms with Crippen molar-refractivity contribution in [3.8, 4) is 0 Å². The molecule has 0 saturated carbocycles. The lowest BCUT2D eigenvalue weighted by atomic mass is 9.72. The monoisotopic (exact) mass is 394 g/mol. The average Bonchev–Trinajstić information content (AvgIpc) is 2.76. The highest BCUT2D eigenvalue weighted by Crippen LogP contribution is 2.40. The minimum atomic E-state index is -0.402. The Balaban J connectivity index is 1.37. The van der Waals surface area contributed by atoms with Crippen molar-refractivity contribution in [2.45, 2.75) is 32.1 Å². The first-order valence-electron chi connectivity index (χ1n) is 10.2. The van der Waals surface area contributed by atoms with E-state index in [9.17, 15) is 14.4 Å². The quantitative estimate of drug-likeness (QED) is 0.858. The van der Waals surface area contributed by atoms with E-state index >= 15 is 0 Å². The summed E-state index contributed by atoms with van der Waals surface area (Å²) in [6.45, 7) is 2.70. The van der Waals surface area contributed by atoms with Gasteiger partial charge in [0.2, 0.25) is 5.91 Å². The van der Waals surface area contributed by atoms with Crippen LogP contribution in [0.25, 0.3) is 0 Å². The Hall–Kier alpha value is -2.96. The molecule has 0 aliphatic carbocycles. The van der Waals surface area contributed by atoms with Gasteiger partial charge in [-0.15, -0.1) is 0 Å². The lowest BCUT2D eigenvalue weighted by molar-refractivity contribution is -0.138. The zero-order chi connectivity index (χ0) is 20.3. The lowest BCUT2D eigenvalue weighted by Crippen LogP contribution is -2.53. The molecule has 0 unspecified atom stereocenters. The molecule has 4 rings (SSSR count). The van der Waals surface area contributed by atoms with Crippen LogP contribution in [0, 0.1) is 5.41 Å². The molecule has 7 nitrogen and oxygen atoms in total. The number of nitrogens with zero attached hydrogens (tertiary/aromatic N) is 3. The van der Waals surface area contributed by atoms with E-state index in [1.165, 1.54) is 18.1 Å². The summed E-state index contributed by atoms with van der Waals surface area (Å²) in [6.07, 6.45) is 6.63. The number of likely N-dealkylation sites (tertiary alicyclic amines) is 2. The summed E-state index contributed by atoms with van der Waals surface area (Å²) < 4.78 is 0. The van der Waals surface area contributed by atoms with Gasteiger partial charge in [0.1, 0.15) is 5.56 Å². The summed E-state index contributed by atoms with van der Waals surface area (Å²) >= 11 is 0. The van der Waals surface area contributed by atoms with Gasteiger partial charge < -0.3 is 14.8 Å². The predicted octanol–water partition coefficient (Wildman–Crippen LogP) is 1.86. The fourth-order valence-corrected chi connectivity index (χ4v) is 4.47. The van der Waals surface area contributed by atoms with E-state index in [-0.39, 0.29) is 22.8 Å². The highest BCUT2D eigenvalue weighted by atomic mass is 16.2.